The van der Waals surface area contributed by atoms with E-state index in [2.05, 4.69) is 47.4 Å². The number of rotatable bonds is 5. The predicted molar refractivity (Wildman–Crippen MR) is 142 cm³/mol. The van der Waals surface area contributed by atoms with Crippen LogP contribution in [0.25, 0.3) is 0 Å². The van der Waals surface area contributed by atoms with Crippen LogP contribution < -0.4 is 20.3 Å². The average Bonchev–Trinajstić information content (AvgIpc) is 2.78. The molecular weight excluding hydrogens is 572 g/mol. The highest BCUT2D eigenvalue weighted by Crippen LogP contribution is 2.32. The lowest BCUT2D eigenvalue weighted by Crippen LogP contribution is -2.49. The van der Waals surface area contributed by atoms with E-state index in [0.717, 1.165) is 42.0 Å². The van der Waals surface area contributed by atoms with E-state index in [1.54, 1.807) is 12.1 Å². The minimum atomic E-state index is -0.378. The van der Waals surface area contributed by atoms with Gasteiger partial charge in [-0.25, -0.2) is 0 Å². The molecule has 1 fully saturated rings. The van der Waals surface area contributed by atoms with Crippen molar-refractivity contribution >= 4 is 72.4 Å². The van der Waals surface area contributed by atoms with Crippen LogP contribution in [0.5, 0.6) is 5.75 Å². The van der Waals surface area contributed by atoms with Crippen LogP contribution in [0.4, 0.5) is 11.4 Å². The second kappa shape index (κ2) is 11.3. The van der Waals surface area contributed by atoms with Crippen LogP contribution in [0.3, 0.4) is 0 Å². The number of carbonyl (C=O) groups excluding carboxylic acids is 2. The van der Waals surface area contributed by atoms with Crippen LogP contribution in [0.1, 0.15) is 24.2 Å². The molecule has 1 saturated heterocycles. The smallest absolute Gasteiger partial charge is 0.261 e. The highest BCUT2D eigenvalue weighted by atomic mass is 79.9. The number of nitrogens with zero attached hydrogens (tertiary/aromatic N) is 2. The summed E-state index contributed by atoms with van der Waals surface area (Å²) in [6.45, 7) is 6.90. The van der Waals surface area contributed by atoms with Crippen molar-refractivity contribution in [3.05, 3.63) is 50.9 Å². The maximum Gasteiger partial charge on any atom is 0.261 e. The van der Waals surface area contributed by atoms with Gasteiger partial charge in [0.25, 0.3) is 5.91 Å². The van der Waals surface area contributed by atoms with Crippen molar-refractivity contribution in [3.8, 4) is 5.75 Å². The van der Waals surface area contributed by atoms with Crippen LogP contribution in [-0.4, -0.2) is 55.1 Å². The van der Waals surface area contributed by atoms with Gasteiger partial charge in [-0.15, -0.1) is 0 Å². The first-order valence-electron chi connectivity index (χ1n) is 10.5. The molecule has 0 radical (unpaired) electrons. The lowest BCUT2D eigenvalue weighted by molar-refractivity contribution is -0.134. The monoisotopic (exact) mass is 596 g/mol. The Balaban J connectivity index is 1.57. The van der Waals surface area contributed by atoms with E-state index in [1.807, 2.05) is 43.0 Å². The van der Waals surface area contributed by atoms with Gasteiger partial charge in [-0.1, -0.05) is 29.8 Å². The van der Waals surface area contributed by atoms with Crippen molar-refractivity contribution in [2.24, 2.45) is 5.92 Å². The Hall–Kier alpha value is -2.17. The minimum Gasteiger partial charge on any atom is -0.495 e. The maximum atomic E-state index is 12.7. The summed E-state index contributed by atoms with van der Waals surface area (Å²) < 4.78 is 6.74. The highest BCUT2D eigenvalue weighted by Gasteiger charge is 2.23. The van der Waals surface area contributed by atoms with Crippen LogP contribution in [0.15, 0.2) is 45.3 Å². The maximum absolute atomic E-state index is 12.7. The fourth-order valence-electron chi connectivity index (χ4n) is 3.58. The largest absolute Gasteiger partial charge is 0.495 e. The van der Waals surface area contributed by atoms with E-state index >= 15 is 0 Å². The number of thiocarbonyl (C=S) groups is 1. The zero-order chi connectivity index (χ0) is 24.1. The van der Waals surface area contributed by atoms with Crippen LogP contribution in [-0.2, 0) is 4.79 Å². The zero-order valence-electron chi connectivity index (χ0n) is 18.7. The van der Waals surface area contributed by atoms with Crippen molar-refractivity contribution in [1.29, 1.82) is 0 Å². The number of methoxy groups -OCH3 is 1. The van der Waals surface area contributed by atoms with E-state index in [-0.39, 0.29) is 22.8 Å². The Labute approximate surface area is 216 Å². The quantitative estimate of drug-likeness (QED) is 0.489. The van der Waals surface area contributed by atoms with E-state index in [4.69, 9.17) is 17.0 Å². The van der Waals surface area contributed by atoms with Gasteiger partial charge in [0.2, 0.25) is 5.91 Å². The van der Waals surface area contributed by atoms with Crippen molar-refractivity contribution in [2.45, 2.75) is 13.8 Å². The second-order valence-electron chi connectivity index (χ2n) is 7.89. The Kier molecular flexibility index (Phi) is 8.72. The van der Waals surface area contributed by atoms with Crippen molar-refractivity contribution in [1.82, 2.24) is 10.2 Å². The van der Waals surface area contributed by atoms with Gasteiger partial charge in [-0.3, -0.25) is 14.9 Å². The lowest BCUT2D eigenvalue weighted by Gasteiger charge is -2.37. The van der Waals surface area contributed by atoms with Gasteiger partial charge in [0.1, 0.15) is 5.75 Å². The van der Waals surface area contributed by atoms with Crippen molar-refractivity contribution in [3.63, 3.8) is 0 Å². The molecule has 3 rings (SSSR count). The molecule has 10 heteroatoms. The number of piperazine rings is 1. The highest BCUT2D eigenvalue weighted by molar-refractivity contribution is 9.11. The van der Waals surface area contributed by atoms with E-state index in [9.17, 15) is 9.59 Å². The molecule has 0 atom stereocenters. The topological polar surface area (TPSA) is 73.9 Å². The number of nitrogens with one attached hydrogen (secondary N) is 2. The average molecular weight is 598 g/mol. The van der Waals surface area contributed by atoms with Gasteiger partial charge in [-0.05, 0) is 64.5 Å². The summed E-state index contributed by atoms with van der Waals surface area (Å²) in [5, 5.41) is 5.91. The molecule has 0 spiro atoms. The lowest BCUT2D eigenvalue weighted by atomic mass is 10.1. The third kappa shape index (κ3) is 6.45. The van der Waals surface area contributed by atoms with E-state index in [0.29, 0.717) is 15.8 Å². The molecule has 2 aromatic rings. The summed E-state index contributed by atoms with van der Waals surface area (Å²) in [6.07, 6.45) is 0. The molecule has 0 unspecified atom stereocenters. The molecule has 176 valence electrons. The molecule has 1 heterocycles. The molecule has 2 N–H and O–H groups in total. The van der Waals surface area contributed by atoms with Gasteiger partial charge >= 0.3 is 0 Å². The first kappa shape index (κ1) is 25.5. The fourth-order valence-corrected chi connectivity index (χ4v) is 5.17. The fraction of sp³-hybridized carbons (Fsp3) is 0.348. The van der Waals surface area contributed by atoms with Crippen LogP contribution >= 0.6 is 44.1 Å². The van der Waals surface area contributed by atoms with Gasteiger partial charge in [-0.2, -0.15) is 0 Å². The minimum absolute atomic E-state index is 0.0252. The summed E-state index contributed by atoms with van der Waals surface area (Å²) >= 11 is 12.1. The molecule has 2 aromatic carbocycles. The van der Waals surface area contributed by atoms with Crippen LogP contribution in [0, 0.1) is 5.92 Å². The van der Waals surface area contributed by atoms with Crippen molar-refractivity contribution in [2.75, 3.05) is 43.5 Å². The SMILES string of the molecule is COc1c(Br)cc(Br)cc1C(=O)NC(=S)Nc1ccc(N2CCN(C(=O)C(C)C)CC2)cc1. The Bertz CT molecular complexity index is 1040. The Morgan fingerprint density at radius 2 is 1.70 bits per heavy atom. The zero-order valence-corrected chi connectivity index (χ0v) is 22.6. The number of anilines is 2. The van der Waals surface area contributed by atoms with E-state index in [1.165, 1.54) is 7.11 Å². The van der Waals surface area contributed by atoms with Gasteiger partial charge in [0, 0.05) is 47.9 Å². The van der Waals surface area contributed by atoms with E-state index < -0.39 is 0 Å². The number of amides is 2. The molecule has 0 bridgehead atoms. The molecule has 1 aliphatic rings. The predicted octanol–water partition coefficient (Wildman–Crippen LogP) is 4.65. The second-order valence-corrected chi connectivity index (χ2v) is 10.1. The van der Waals surface area contributed by atoms with Gasteiger partial charge in [0.05, 0.1) is 17.1 Å². The summed E-state index contributed by atoms with van der Waals surface area (Å²) in [5.41, 5.74) is 2.20. The molecule has 0 saturated carbocycles. The summed E-state index contributed by atoms with van der Waals surface area (Å²) in [5.74, 6) is 0.282. The normalized spacial score (nSPS) is 13.6. The van der Waals surface area contributed by atoms with Crippen molar-refractivity contribution < 1.29 is 14.3 Å². The number of benzene rings is 2. The molecular formula is C23H26Br2N4O3S. The van der Waals surface area contributed by atoms with Crippen LogP contribution in [0.2, 0.25) is 0 Å². The molecule has 0 aliphatic carbocycles. The first-order valence-corrected chi connectivity index (χ1v) is 12.5. The summed E-state index contributed by atoms with van der Waals surface area (Å²) in [4.78, 5) is 29.1. The van der Waals surface area contributed by atoms with Gasteiger partial charge in [0.15, 0.2) is 5.11 Å². The molecule has 1 aliphatic heterocycles. The van der Waals surface area contributed by atoms with Gasteiger partial charge < -0.3 is 19.9 Å². The Morgan fingerprint density at radius 3 is 2.27 bits per heavy atom. The molecule has 2 amide bonds. The third-order valence-corrected chi connectivity index (χ3v) is 6.51. The Morgan fingerprint density at radius 1 is 1.06 bits per heavy atom. The molecule has 7 nitrogen and oxygen atoms in total. The first-order chi connectivity index (χ1) is 15.7. The number of halogens is 2. The number of ether oxygens (including phenoxy) is 1. The molecule has 33 heavy (non-hydrogen) atoms. The number of hydrogen-bond acceptors (Lipinski definition) is 5. The standard InChI is InChI=1S/C23H26Br2N4O3S/c1-14(2)22(31)29-10-8-28(9-11-29)17-6-4-16(5-7-17)26-23(33)27-21(30)18-12-15(24)13-19(25)20(18)32-3/h4-7,12-14H,8-11H2,1-3H3,(H2,26,27,30,33). The number of hydrogen-bond donors (Lipinski definition) is 2. The number of carbonyl (C=O) groups is 2. The summed E-state index contributed by atoms with van der Waals surface area (Å²) in [7, 11) is 1.50. The third-order valence-electron chi connectivity index (χ3n) is 5.26. The summed E-state index contributed by atoms with van der Waals surface area (Å²) in [6, 6.07) is 11.3. The molecule has 0 aromatic heterocycles.